The summed E-state index contributed by atoms with van der Waals surface area (Å²) in [4.78, 5) is 13.4. The van der Waals surface area contributed by atoms with E-state index in [9.17, 15) is 4.79 Å². The summed E-state index contributed by atoms with van der Waals surface area (Å²) < 4.78 is 5.47. The van der Waals surface area contributed by atoms with Gasteiger partial charge < -0.3 is 15.0 Å². The molecule has 0 bridgehead atoms. The molecule has 1 aromatic rings. The van der Waals surface area contributed by atoms with Crippen LogP contribution >= 0.6 is 0 Å². The zero-order valence-corrected chi connectivity index (χ0v) is 9.86. The summed E-state index contributed by atoms with van der Waals surface area (Å²) in [7, 11) is 1.90. The number of hydrogen-bond acceptors (Lipinski definition) is 5. The van der Waals surface area contributed by atoms with E-state index < -0.39 is 6.10 Å². The number of carbonyl (C=O) groups is 1. The molecule has 0 saturated carbocycles. The summed E-state index contributed by atoms with van der Waals surface area (Å²) >= 11 is 0. The van der Waals surface area contributed by atoms with E-state index >= 15 is 0 Å². The van der Waals surface area contributed by atoms with Crippen molar-refractivity contribution in [2.45, 2.75) is 13.0 Å². The number of nitrogens with zero attached hydrogens (tertiary/aromatic N) is 1. The number of hydrazine groups is 1. The van der Waals surface area contributed by atoms with Crippen LogP contribution in [0.3, 0.4) is 0 Å². The molecular weight excluding hydrogens is 220 g/mol. The topological polar surface area (TPSA) is 79.6 Å². The average molecular weight is 236 g/mol. The maximum Gasteiger partial charge on any atom is 0.265 e. The van der Waals surface area contributed by atoms with Crippen LogP contribution in [-0.2, 0) is 4.79 Å². The highest BCUT2D eigenvalue weighted by Gasteiger charge is 2.23. The summed E-state index contributed by atoms with van der Waals surface area (Å²) in [5, 5.41) is 2.80. The van der Waals surface area contributed by atoms with Crippen molar-refractivity contribution in [3.63, 3.8) is 0 Å². The van der Waals surface area contributed by atoms with Crippen molar-refractivity contribution >= 4 is 17.3 Å². The normalized spacial score (nSPS) is 18.1. The molecule has 0 saturated heterocycles. The fourth-order valence-corrected chi connectivity index (χ4v) is 1.66. The molecule has 0 spiro atoms. The highest BCUT2D eigenvalue weighted by atomic mass is 16.5. The van der Waals surface area contributed by atoms with Crippen LogP contribution < -0.4 is 26.2 Å². The Balaban J connectivity index is 2.25. The van der Waals surface area contributed by atoms with Crippen LogP contribution in [0.25, 0.3) is 0 Å². The summed E-state index contributed by atoms with van der Waals surface area (Å²) in [6.07, 6.45) is -0.447. The predicted molar refractivity (Wildman–Crippen MR) is 65.8 cm³/mol. The number of nitrogens with one attached hydrogen (secondary N) is 2. The molecule has 1 aliphatic rings. The number of amides is 1. The third-order valence-corrected chi connectivity index (χ3v) is 2.66. The van der Waals surface area contributed by atoms with Gasteiger partial charge in [-0.2, -0.15) is 0 Å². The van der Waals surface area contributed by atoms with E-state index in [1.165, 1.54) is 0 Å². The molecule has 17 heavy (non-hydrogen) atoms. The molecule has 2 rings (SSSR count). The molecule has 1 aromatic carbocycles. The second-order valence-electron chi connectivity index (χ2n) is 3.99. The minimum absolute atomic E-state index is 0.130. The van der Waals surface area contributed by atoms with Gasteiger partial charge in [-0.3, -0.25) is 10.6 Å². The van der Waals surface area contributed by atoms with Gasteiger partial charge in [0.1, 0.15) is 5.75 Å². The first-order chi connectivity index (χ1) is 8.11. The van der Waals surface area contributed by atoms with Crippen LogP contribution in [-0.4, -0.2) is 25.7 Å². The second-order valence-corrected chi connectivity index (χ2v) is 3.99. The third kappa shape index (κ3) is 2.32. The highest BCUT2D eigenvalue weighted by Crippen LogP contribution is 2.32. The van der Waals surface area contributed by atoms with Gasteiger partial charge in [0.25, 0.3) is 5.91 Å². The first-order valence-electron chi connectivity index (χ1n) is 5.38. The molecule has 1 atom stereocenters. The van der Waals surface area contributed by atoms with Gasteiger partial charge in [0, 0.05) is 12.7 Å². The summed E-state index contributed by atoms with van der Waals surface area (Å²) in [6, 6.07) is 5.62. The number of benzene rings is 1. The van der Waals surface area contributed by atoms with Crippen LogP contribution in [0.4, 0.5) is 11.4 Å². The molecule has 0 radical (unpaired) electrons. The number of carbonyl (C=O) groups excluding carboxylic acids is 1. The van der Waals surface area contributed by atoms with Gasteiger partial charge in [0.2, 0.25) is 0 Å². The van der Waals surface area contributed by atoms with E-state index in [0.717, 1.165) is 5.69 Å². The van der Waals surface area contributed by atoms with Crippen molar-refractivity contribution in [2.75, 3.05) is 23.9 Å². The first kappa shape index (κ1) is 11.7. The van der Waals surface area contributed by atoms with E-state index in [-0.39, 0.29) is 5.91 Å². The van der Waals surface area contributed by atoms with E-state index in [0.29, 0.717) is 18.1 Å². The lowest BCUT2D eigenvalue weighted by Crippen LogP contribution is -2.36. The average Bonchev–Trinajstić information content (AvgIpc) is 2.30. The molecular formula is C11H16N4O2. The Hall–Kier alpha value is -1.79. The number of hydrogen-bond donors (Lipinski definition) is 3. The van der Waals surface area contributed by atoms with Gasteiger partial charge in [0.15, 0.2) is 6.10 Å². The molecule has 4 N–H and O–H groups in total. The van der Waals surface area contributed by atoms with Crippen LogP contribution in [0.15, 0.2) is 18.2 Å². The Morgan fingerprint density at radius 1 is 1.59 bits per heavy atom. The number of rotatable bonds is 3. The zero-order chi connectivity index (χ0) is 12.4. The van der Waals surface area contributed by atoms with Crippen LogP contribution in [0.5, 0.6) is 5.75 Å². The van der Waals surface area contributed by atoms with Crippen molar-refractivity contribution in [3.05, 3.63) is 18.2 Å². The highest BCUT2D eigenvalue weighted by molar-refractivity contribution is 5.98. The molecule has 1 aliphatic heterocycles. The summed E-state index contributed by atoms with van der Waals surface area (Å²) in [5.41, 5.74) is 4.20. The molecule has 1 heterocycles. The van der Waals surface area contributed by atoms with Crippen LogP contribution in [0.2, 0.25) is 0 Å². The van der Waals surface area contributed by atoms with Crippen LogP contribution in [0.1, 0.15) is 6.92 Å². The second kappa shape index (κ2) is 4.60. The van der Waals surface area contributed by atoms with Gasteiger partial charge in [-0.05, 0) is 25.1 Å². The monoisotopic (exact) mass is 236 g/mol. The van der Waals surface area contributed by atoms with Gasteiger partial charge in [-0.1, -0.05) is 0 Å². The number of fused-ring (bicyclic) bond motifs is 1. The van der Waals surface area contributed by atoms with Gasteiger partial charge in [-0.25, -0.2) is 5.43 Å². The Kier molecular flexibility index (Phi) is 3.16. The van der Waals surface area contributed by atoms with Crippen LogP contribution in [0, 0.1) is 0 Å². The Bertz CT molecular complexity index is 435. The molecule has 0 fully saturated rings. The Morgan fingerprint density at radius 2 is 2.35 bits per heavy atom. The molecule has 0 aliphatic carbocycles. The number of nitrogens with two attached hydrogens (primary N) is 1. The van der Waals surface area contributed by atoms with Gasteiger partial charge >= 0.3 is 0 Å². The summed E-state index contributed by atoms with van der Waals surface area (Å²) in [6.45, 7) is 2.24. The Morgan fingerprint density at radius 3 is 3.06 bits per heavy atom. The van der Waals surface area contributed by atoms with Gasteiger partial charge in [0.05, 0.1) is 12.4 Å². The quantitative estimate of drug-likeness (QED) is 0.398. The van der Waals surface area contributed by atoms with E-state index in [4.69, 9.17) is 10.6 Å². The molecule has 6 heteroatoms. The maximum atomic E-state index is 11.5. The number of anilines is 2. The maximum absolute atomic E-state index is 11.5. The van der Waals surface area contributed by atoms with Crippen molar-refractivity contribution < 1.29 is 9.53 Å². The largest absolute Gasteiger partial charge is 0.479 e. The van der Waals surface area contributed by atoms with Crippen molar-refractivity contribution in [3.8, 4) is 5.75 Å². The number of ether oxygens (including phenoxy) is 1. The van der Waals surface area contributed by atoms with E-state index in [1.807, 2.05) is 30.1 Å². The fraction of sp³-hybridized carbons (Fsp3) is 0.364. The molecule has 92 valence electrons. The van der Waals surface area contributed by atoms with E-state index in [2.05, 4.69) is 10.7 Å². The van der Waals surface area contributed by atoms with E-state index in [1.54, 1.807) is 6.92 Å². The lowest BCUT2D eigenvalue weighted by molar-refractivity contribution is -0.122. The molecule has 6 nitrogen and oxygen atoms in total. The smallest absolute Gasteiger partial charge is 0.265 e. The fourth-order valence-electron chi connectivity index (χ4n) is 1.66. The van der Waals surface area contributed by atoms with Crippen molar-refractivity contribution in [1.29, 1.82) is 0 Å². The standard InChI is InChI=1S/C11H16N4O2/c1-7-11(16)14-9-5-8(15(2)6-13-12)3-4-10(9)17-7/h3-5,7,13H,6,12H2,1-2H3,(H,14,16). The minimum atomic E-state index is -0.447. The first-order valence-corrected chi connectivity index (χ1v) is 5.38. The summed E-state index contributed by atoms with van der Waals surface area (Å²) in [5.74, 6) is 5.82. The molecule has 0 aromatic heterocycles. The van der Waals surface area contributed by atoms with Gasteiger partial charge in [-0.15, -0.1) is 0 Å². The molecule has 1 unspecified atom stereocenters. The lowest BCUT2D eigenvalue weighted by atomic mass is 10.2. The SMILES string of the molecule is CC1Oc2ccc(N(C)CNN)cc2NC1=O. The zero-order valence-electron chi connectivity index (χ0n) is 9.86. The van der Waals surface area contributed by atoms with Crippen molar-refractivity contribution in [2.24, 2.45) is 5.84 Å². The van der Waals surface area contributed by atoms with Crippen molar-refractivity contribution in [1.82, 2.24) is 5.43 Å². The third-order valence-electron chi connectivity index (χ3n) is 2.66. The lowest BCUT2D eigenvalue weighted by Gasteiger charge is -2.25. The predicted octanol–water partition coefficient (Wildman–Crippen LogP) is 0.263. The minimum Gasteiger partial charge on any atom is -0.479 e. The molecule has 1 amide bonds. The Labute approximate surface area is 99.7 Å².